The summed E-state index contributed by atoms with van der Waals surface area (Å²) in [5.41, 5.74) is -0.866. The van der Waals surface area contributed by atoms with E-state index in [1.54, 1.807) is 9.80 Å². The lowest BCUT2D eigenvalue weighted by Crippen LogP contribution is -2.50. The van der Waals surface area contributed by atoms with Crippen LogP contribution in [0.25, 0.3) is 11.2 Å². The number of aryl methyl sites for hydroxylation is 1. The average molecular weight is 418 g/mol. The van der Waals surface area contributed by atoms with Crippen LogP contribution in [0.3, 0.4) is 0 Å². The van der Waals surface area contributed by atoms with Crippen LogP contribution in [-0.4, -0.2) is 92.7 Å². The molecule has 0 bridgehead atoms. The fraction of sp³-hybridized carbons (Fsp3) is 0.611. The molecule has 2 aliphatic rings. The third-order valence-electron chi connectivity index (χ3n) is 5.64. The van der Waals surface area contributed by atoms with Crippen molar-refractivity contribution in [2.75, 3.05) is 52.4 Å². The van der Waals surface area contributed by atoms with Gasteiger partial charge >= 0.3 is 5.69 Å². The topological polar surface area (TPSA) is 126 Å². The lowest BCUT2D eigenvalue weighted by molar-refractivity contribution is -0.133. The summed E-state index contributed by atoms with van der Waals surface area (Å²) < 4.78 is 3.64. The first-order valence-corrected chi connectivity index (χ1v) is 10.1. The Morgan fingerprint density at radius 2 is 1.47 bits per heavy atom. The molecule has 2 aliphatic heterocycles. The average Bonchev–Trinajstić information content (AvgIpc) is 3.20. The van der Waals surface area contributed by atoms with Gasteiger partial charge in [-0.1, -0.05) is 0 Å². The molecule has 30 heavy (non-hydrogen) atoms. The minimum Gasteiger partial charge on any atom is -0.339 e. The van der Waals surface area contributed by atoms with Gasteiger partial charge in [0.15, 0.2) is 11.2 Å². The Kier molecular flexibility index (Phi) is 5.68. The molecule has 2 N–H and O–H groups in total. The second kappa shape index (κ2) is 8.40. The molecule has 4 heterocycles. The van der Waals surface area contributed by atoms with Crippen molar-refractivity contribution in [1.29, 1.82) is 0 Å². The molecule has 0 unspecified atom stereocenters. The lowest BCUT2D eigenvalue weighted by Gasteiger charge is -2.27. The van der Waals surface area contributed by atoms with E-state index in [4.69, 9.17) is 0 Å². The van der Waals surface area contributed by atoms with Crippen LogP contribution in [0.2, 0.25) is 0 Å². The highest BCUT2D eigenvalue weighted by atomic mass is 16.2. The standard InChI is InChI=1S/C18H26N8O4/c1-22-16-15(25(12-21-16)10-13(27)23-6-2-19-3-7-23)17(29)26(18(22)30)11-14(28)24-8-4-20-5-9-24/h12,19-20H,2-11H2,1H3. The molecule has 2 amide bonds. The van der Waals surface area contributed by atoms with E-state index in [0.29, 0.717) is 39.3 Å². The quantitative estimate of drug-likeness (QED) is 0.534. The molecule has 0 radical (unpaired) electrons. The second-order valence-electron chi connectivity index (χ2n) is 7.54. The molecule has 2 aromatic rings. The van der Waals surface area contributed by atoms with Crippen LogP contribution in [0.4, 0.5) is 0 Å². The van der Waals surface area contributed by atoms with Gasteiger partial charge in [0.1, 0.15) is 13.1 Å². The Morgan fingerprint density at radius 1 is 0.933 bits per heavy atom. The predicted octanol–water partition coefficient (Wildman–Crippen LogP) is -3.24. The zero-order valence-electron chi connectivity index (χ0n) is 17.0. The summed E-state index contributed by atoms with van der Waals surface area (Å²) >= 11 is 0. The number of carbonyl (C=O) groups is 2. The summed E-state index contributed by atoms with van der Waals surface area (Å²) in [6.45, 7) is 4.71. The van der Waals surface area contributed by atoms with Gasteiger partial charge in [-0.15, -0.1) is 0 Å². The first-order valence-electron chi connectivity index (χ1n) is 10.1. The van der Waals surface area contributed by atoms with Gasteiger partial charge in [0.2, 0.25) is 11.8 Å². The number of carbonyl (C=O) groups excluding carboxylic acids is 2. The van der Waals surface area contributed by atoms with Gasteiger partial charge < -0.3 is 25.0 Å². The Labute approximate surface area is 172 Å². The SMILES string of the molecule is Cn1c(=O)n(CC(=O)N2CCNCC2)c(=O)c2c1ncn2CC(=O)N1CCNCC1. The summed E-state index contributed by atoms with van der Waals surface area (Å²) in [6.07, 6.45) is 1.40. The smallest absolute Gasteiger partial charge is 0.332 e. The van der Waals surface area contributed by atoms with Crippen LogP contribution in [-0.2, 0) is 29.7 Å². The van der Waals surface area contributed by atoms with E-state index in [2.05, 4.69) is 15.6 Å². The van der Waals surface area contributed by atoms with E-state index in [-0.39, 0.29) is 36.1 Å². The van der Waals surface area contributed by atoms with Crippen molar-refractivity contribution in [1.82, 2.24) is 39.1 Å². The molecule has 12 nitrogen and oxygen atoms in total. The van der Waals surface area contributed by atoms with Crippen molar-refractivity contribution >= 4 is 23.0 Å². The molecule has 0 spiro atoms. The largest absolute Gasteiger partial charge is 0.339 e. The van der Waals surface area contributed by atoms with Gasteiger partial charge in [-0.05, 0) is 0 Å². The Hall–Kier alpha value is -2.99. The van der Waals surface area contributed by atoms with Crippen molar-refractivity contribution in [3.8, 4) is 0 Å². The summed E-state index contributed by atoms with van der Waals surface area (Å²) in [5.74, 6) is -0.398. The minimum atomic E-state index is -0.609. The molecule has 2 fully saturated rings. The number of fused-ring (bicyclic) bond motifs is 1. The number of hydrogen-bond acceptors (Lipinski definition) is 7. The molecule has 0 saturated carbocycles. The molecule has 12 heteroatoms. The van der Waals surface area contributed by atoms with E-state index in [1.807, 2.05) is 0 Å². The second-order valence-corrected chi connectivity index (χ2v) is 7.54. The predicted molar refractivity (Wildman–Crippen MR) is 108 cm³/mol. The van der Waals surface area contributed by atoms with Gasteiger partial charge in [0.25, 0.3) is 5.56 Å². The van der Waals surface area contributed by atoms with Gasteiger partial charge in [-0.3, -0.25) is 19.0 Å². The first kappa shape index (κ1) is 20.3. The van der Waals surface area contributed by atoms with Crippen molar-refractivity contribution < 1.29 is 9.59 Å². The minimum absolute atomic E-state index is 0.0459. The number of imidazole rings is 1. The normalized spacial score (nSPS) is 17.5. The van der Waals surface area contributed by atoms with E-state index < -0.39 is 11.2 Å². The van der Waals surface area contributed by atoms with Crippen LogP contribution < -0.4 is 21.9 Å². The molecule has 0 atom stereocenters. The van der Waals surface area contributed by atoms with Gasteiger partial charge in [-0.25, -0.2) is 14.3 Å². The number of nitrogens with zero attached hydrogens (tertiary/aromatic N) is 6. The van der Waals surface area contributed by atoms with E-state index in [1.165, 1.54) is 22.5 Å². The van der Waals surface area contributed by atoms with Crippen molar-refractivity contribution in [2.24, 2.45) is 7.05 Å². The molecule has 4 rings (SSSR count). The van der Waals surface area contributed by atoms with Crippen LogP contribution in [0.5, 0.6) is 0 Å². The fourth-order valence-electron chi connectivity index (χ4n) is 3.89. The maximum absolute atomic E-state index is 13.1. The maximum Gasteiger partial charge on any atom is 0.332 e. The van der Waals surface area contributed by atoms with Crippen LogP contribution in [0, 0.1) is 0 Å². The maximum atomic E-state index is 13.1. The lowest BCUT2D eigenvalue weighted by atomic mass is 10.3. The molecule has 0 aliphatic carbocycles. The van der Waals surface area contributed by atoms with E-state index in [9.17, 15) is 19.2 Å². The Bertz CT molecular complexity index is 1070. The zero-order chi connectivity index (χ0) is 21.3. The number of aromatic nitrogens is 4. The van der Waals surface area contributed by atoms with Gasteiger partial charge in [-0.2, -0.15) is 0 Å². The van der Waals surface area contributed by atoms with Crippen LogP contribution in [0.1, 0.15) is 0 Å². The van der Waals surface area contributed by atoms with E-state index in [0.717, 1.165) is 17.7 Å². The molecular formula is C18H26N8O4. The number of nitrogens with one attached hydrogen (secondary N) is 2. The van der Waals surface area contributed by atoms with Gasteiger partial charge in [0, 0.05) is 59.4 Å². The zero-order valence-corrected chi connectivity index (χ0v) is 17.0. The summed E-state index contributed by atoms with van der Waals surface area (Å²) in [6, 6.07) is 0. The van der Waals surface area contributed by atoms with Crippen LogP contribution >= 0.6 is 0 Å². The number of rotatable bonds is 4. The number of piperazine rings is 2. The van der Waals surface area contributed by atoms with Crippen molar-refractivity contribution in [3.63, 3.8) is 0 Å². The number of hydrogen-bond donors (Lipinski definition) is 2. The van der Waals surface area contributed by atoms with Crippen LogP contribution in [0.15, 0.2) is 15.9 Å². The Balaban J connectivity index is 1.65. The molecule has 162 valence electrons. The molecular weight excluding hydrogens is 392 g/mol. The summed E-state index contributed by atoms with van der Waals surface area (Å²) in [4.78, 5) is 58.7. The number of amides is 2. The third-order valence-corrected chi connectivity index (χ3v) is 5.64. The molecule has 2 aromatic heterocycles. The third kappa shape index (κ3) is 3.75. The fourth-order valence-corrected chi connectivity index (χ4v) is 3.89. The van der Waals surface area contributed by atoms with Crippen molar-refractivity contribution in [3.05, 3.63) is 27.2 Å². The molecule has 0 aromatic carbocycles. The highest BCUT2D eigenvalue weighted by Crippen LogP contribution is 2.07. The highest BCUT2D eigenvalue weighted by Gasteiger charge is 2.23. The molecule has 2 saturated heterocycles. The monoisotopic (exact) mass is 418 g/mol. The van der Waals surface area contributed by atoms with Crippen molar-refractivity contribution in [2.45, 2.75) is 13.1 Å². The Morgan fingerprint density at radius 3 is 2.03 bits per heavy atom. The first-order chi connectivity index (χ1) is 14.5. The highest BCUT2D eigenvalue weighted by molar-refractivity contribution is 5.80. The van der Waals surface area contributed by atoms with E-state index >= 15 is 0 Å². The van der Waals surface area contributed by atoms with Gasteiger partial charge in [0.05, 0.1) is 6.33 Å². The summed E-state index contributed by atoms with van der Waals surface area (Å²) in [5, 5.41) is 6.35. The summed E-state index contributed by atoms with van der Waals surface area (Å²) in [7, 11) is 1.51.